The zero-order valence-electron chi connectivity index (χ0n) is 12.8. The standard InChI is InChI=1S/C16H16N2O4/c1-9-5-6-13(7-10(9)2)15(21)14-8-17(11(3)19)16(22)18(14)12(4)20/h5-8H,1-4H3. The van der Waals surface area contributed by atoms with Crippen LogP contribution >= 0.6 is 0 Å². The Bertz CT molecular complexity index is 856. The van der Waals surface area contributed by atoms with Crippen molar-refractivity contribution in [2.75, 3.05) is 0 Å². The van der Waals surface area contributed by atoms with Crippen molar-refractivity contribution in [3.05, 3.63) is 57.3 Å². The third-order valence-electron chi connectivity index (χ3n) is 3.55. The van der Waals surface area contributed by atoms with Gasteiger partial charge in [0.25, 0.3) is 0 Å². The molecule has 0 fully saturated rings. The number of aromatic nitrogens is 2. The minimum atomic E-state index is -0.827. The molecule has 0 saturated heterocycles. The fourth-order valence-corrected chi connectivity index (χ4v) is 2.17. The lowest BCUT2D eigenvalue weighted by Gasteiger charge is -2.05. The van der Waals surface area contributed by atoms with Gasteiger partial charge in [-0.25, -0.2) is 13.9 Å². The quantitative estimate of drug-likeness (QED) is 0.792. The van der Waals surface area contributed by atoms with Gasteiger partial charge in [-0.05, 0) is 31.0 Å². The second kappa shape index (κ2) is 5.55. The van der Waals surface area contributed by atoms with Gasteiger partial charge < -0.3 is 0 Å². The van der Waals surface area contributed by atoms with Crippen molar-refractivity contribution < 1.29 is 14.4 Å². The largest absolute Gasteiger partial charge is 0.342 e. The molecule has 0 aliphatic rings. The van der Waals surface area contributed by atoms with Crippen molar-refractivity contribution in [1.29, 1.82) is 0 Å². The first-order valence-electron chi connectivity index (χ1n) is 6.72. The van der Waals surface area contributed by atoms with Crippen molar-refractivity contribution in [2.24, 2.45) is 0 Å². The monoisotopic (exact) mass is 300 g/mol. The molecule has 114 valence electrons. The predicted molar refractivity (Wildman–Crippen MR) is 80.6 cm³/mol. The van der Waals surface area contributed by atoms with Crippen molar-refractivity contribution in [3.8, 4) is 0 Å². The molecule has 0 bridgehead atoms. The Morgan fingerprint density at radius 1 is 0.955 bits per heavy atom. The van der Waals surface area contributed by atoms with E-state index in [2.05, 4.69) is 0 Å². The predicted octanol–water partition coefficient (Wildman–Crippen LogP) is 1.82. The van der Waals surface area contributed by atoms with Crippen LogP contribution in [0.25, 0.3) is 0 Å². The second-order valence-electron chi connectivity index (χ2n) is 5.17. The summed E-state index contributed by atoms with van der Waals surface area (Å²) in [4.78, 5) is 47.8. The number of imidazole rings is 1. The summed E-state index contributed by atoms with van der Waals surface area (Å²) >= 11 is 0. The van der Waals surface area contributed by atoms with Gasteiger partial charge in [0.2, 0.25) is 17.6 Å². The number of hydrogen-bond acceptors (Lipinski definition) is 4. The summed E-state index contributed by atoms with van der Waals surface area (Å²) in [5.74, 6) is -1.65. The van der Waals surface area contributed by atoms with Gasteiger partial charge in [-0.15, -0.1) is 0 Å². The number of carbonyl (C=O) groups is 3. The lowest BCUT2D eigenvalue weighted by atomic mass is 10.0. The third-order valence-corrected chi connectivity index (χ3v) is 3.55. The molecule has 1 aromatic carbocycles. The molecule has 1 aromatic heterocycles. The maximum absolute atomic E-state index is 12.6. The van der Waals surface area contributed by atoms with E-state index in [0.717, 1.165) is 26.5 Å². The highest BCUT2D eigenvalue weighted by atomic mass is 16.2. The minimum absolute atomic E-state index is 0.115. The topological polar surface area (TPSA) is 78.1 Å². The molecule has 0 radical (unpaired) electrons. The summed E-state index contributed by atoms with van der Waals surface area (Å²) < 4.78 is 1.48. The number of aryl methyl sites for hydroxylation is 2. The van der Waals surface area contributed by atoms with Gasteiger partial charge in [-0.3, -0.25) is 14.4 Å². The van der Waals surface area contributed by atoms with Crippen LogP contribution in [0.1, 0.15) is 50.6 Å². The Labute approximate surface area is 127 Å². The van der Waals surface area contributed by atoms with Gasteiger partial charge in [0.05, 0.1) is 0 Å². The molecule has 2 rings (SSSR count). The zero-order chi connectivity index (χ0) is 16.6. The molecule has 1 heterocycles. The molecule has 6 heteroatoms. The highest BCUT2D eigenvalue weighted by Gasteiger charge is 2.23. The first-order chi connectivity index (χ1) is 10.2. The van der Waals surface area contributed by atoms with Crippen LogP contribution in [0.15, 0.2) is 29.2 Å². The molecule has 0 aliphatic carbocycles. The Morgan fingerprint density at radius 3 is 2.09 bits per heavy atom. The summed E-state index contributed by atoms with van der Waals surface area (Å²) in [5.41, 5.74) is 1.37. The fraction of sp³-hybridized carbons (Fsp3) is 0.250. The summed E-state index contributed by atoms with van der Waals surface area (Å²) in [7, 11) is 0. The average Bonchev–Trinajstić information content (AvgIpc) is 2.79. The van der Waals surface area contributed by atoms with E-state index < -0.39 is 23.3 Å². The van der Waals surface area contributed by atoms with Crippen LogP contribution < -0.4 is 5.69 Å². The molecule has 0 N–H and O–H groups in total. The summed E-state index contributed by atoms with van der Waals surface area (Å²) in [6.45, 7) is 6.14. The Kier molecular flexibility index (Phi) is 3.95. The van der Waals surface area contributed by atoms with Crippen LogP contribution in [0.2, 0.25) is 0 Å². The maximum Gasteiger partial charge on any atom is 0.342 e. The van der Waals surface area contributed by atoms with Crippen LogP contribution in [0, 0.1) is 13.8 Å². The number of rotatable bonds is 2. The maximum atomic E-state index is 12.6. The van der Waals surface area contributed by atoms with Gasteiger partial charge >= 0.3 is 5.69 Å². The van der Waals surface area contributed by atoms with Gasteiger partial charge in [0.1, 0.15) is 5.69 Å². The van der Waals surface area contributed by atoms with Crippen LogP contribution in [-0.4, -0.2) is 26.7 Å². The van der Waals surface area contributed by atoms with E-state index in [9.17, 15) is 19.2 Å². The van der Waals surface area contributed by atoms with Gasteiger partial charge in [-0.2, -0.15) is 0 Å². The van der Waals surface area contributed by atoms with E-state index in [1.54, 1.807) is 18.2 Å². The third kappa shape index (κ3) is 2.55. The molecule has 0 atom stereocenters. The van der Waals surface area contributed by atoms with Crippen LogP contribution in [0.3, 0.4) is 0 Å². The molecule has 0 saturated carbocycles. The first-order valence-corrected chi connectivity index (χ1v) is 6.72. The SMILES string of the molecule is CC(=O)n1cc(C(=O)c2ccc(C)c(C)c2)n(C(C)=O)c1=O. The van der Waals surface area contributed by atoms with Gasteiger partial charge in [-0.1, -0.05) is 12.1 Å². The molecular formula is C16H16N2O4. The van der Waals surface area contributed by atoms with Crippen LogP contribution in [-0.2, 0) is 0 Å². The van der Waals surface area contributed by atoms with E-state index in [0.29, 0.717) is 5.56 Å². The number of ketones is 1. The highest BCUT2D eigenvalue weighted by Crippen LogP contribution is 2.14. The molecule has 0 aliphatic heterocycles. The number of hydrogen-bond donors (Lipinski definition) is 0. The highest BCUT2D eigenvalue weighted by molar-refractivity contribution is 6.09. The minimum Gasteiger partial charge on any atom is -0.287 e. The van der Waals surface area contributed by atoms with Crippen molar-refractivity contribution in [1.82, 2.24) is 9.13 Å². The van der Waals surface area contributed by atoms with E-state index in [1.807, 2.05) is 13.8 Å². The lowest BCUT2D eigenvalue weighted by molar-refractivity contribution is 0.0905. The van der Waals surface area contributed by atoms with E-state index >= 15 is 0 Å². The van der Waals surface area contributed by atoms with Gasteiger partial charge in [0, 0.05) is 25.6 Å². The summed E-state index contributed by atoms with van der Waals surface area (Å²) in [5, 5.41) is 0. The van der Waals surface area contributed by atoms with Crippen molar-refractivity contribution in [3.63, 3.8) is 0 Å². The zero-order valence-corrected chi connectivity index (χ0v) is 12.8. The molecule has 0 amide bonds. The Morgan fingerprint density at radius 2 is 1.59 bits per heavy atom. The van der Waals surface area contributed by atoms with Crippen molar-refractivity contribution >= 4 is 17.6 Å². The number of nitrogens with zero attached hydrogens (tertiary/aromatic N) is 2. The lowest BCUT2D eigenvalue weighted by Crippen LogP contribution is -2.31. The average molecular weight is 300 g/mol. The summed E-state index contributed by atoms with van der Waals surface area (Å²) in [6, 6.07) is 5.11. The fourth-order valence-electron chi connectivity index (χ4n) is 2.17. The number of benzene rings is 1. The molecule has 6 nitrogen and oxygen atoms in total. The molecule has 0 unspecified atom stereocenters. The number of carbonyl (C=O) groups excluding carboxylic acids is 3. The molecular weight excluding hydrogens is 284 g/mol. The Balaban J connectivity index is 2.65. The van der Waals surface area contributed by atoms with E-state index in [4.69, 9.17) is 0 Å². The van der Waals surface area contributed by atoms with Crippen LogP contribution in [0.5, 0.6) is 0 Å². The normalized spacial score (nSPS) is 10.5. The van der Waals surface area contributed by atoms with E-state index in [1.165, 1.54) is 13.8 Å². The molecule has 2 aromatic rings. The Hall–Kier alpha value is -2.76. The van der Waals surface area contributed by atoms with Gasteiger partial charge in [0.15, 0.2) is 0 Å². The first kappa shape index (κ1) is 15.6. The summed E-state index contributed by atoms with van der Waals surface area (Å²) in [6.07, 6.45) is 1.11. The smallest absolute Gasteiger partial charge is 0.287 e. The van der Waals surface area contributed by atoms with E-state index in [-0.39, 0.29) is 5.69 Å². The molecule has 0 spiro atoms. The molecule has 22 heavy (non-hydrogen) atoms. The van der Waals surface area contributed by atoms with Crippen molar-refractivity contribution in [2.45, 2.75) is 27.7 Å². The second-order valence-corrected chi connectivity index (χ2v) is 5.17. The van der Waals surface area contributed by atoms with Crippen LogP contribution in [0.4, 0.5) is 0 Å².